The Morgan fingerprint density at radius 2 is 2.03 bits per heavy atom. The van der Waals surface area contributed by atoms with Crippen molar-refractivity contribution in [3.05, 3.63) is 62.4 Å². The number of benzene rings is 1. The minimum absolute atomic E-state index is 0.0761. The Morgan fingerprint density at radius 3 is 2.64 bits per heavy atom. The van der Waals surface area contributed by atoms with Gasteiger partial charge in [0.1, 0.15) is 24.0 Å². The summed E-state index contributed by atoms with van der Waals surface area (Å²) in [6, 6.07) is 5.63. The number of hydrogen-bond acceptors (Lipinski definition) is 9. The highest BCUT2D eigenvalue weighted by molar-refractivity contribution is 7.52. The second-order valence-corrected chi connectivity index (χ2v) is 10.2. The highest BCUT2D eigenvalue weighted by atomic mass is 35.5. The van der Waals surface area contributed by atoms with Crippen molar-refractivity contribution in [2.45, 2.75) is 50.9 Å². The highest BCUT2D eigenvalue weighted by Crippen LogP contribution is 2.47. The third-order valence-electron chi connectivity index (χ3n) is 5.26. The fraction of sp³-hybridized carbons (Fsp3) is 0.476. The Balaban J connectivity index is 1.81. The summed E-state index contributed by atoms with van der Waals surface area (Å²) >= 11 is 5.86. The zero-order valence-corrected chi connectivity index (χ0v) is 21.2. The molecular weight excluding hydrogens is 524 g/mol. The zero-order chi connectivity index (χ0) is 26.7. The summed E-state index contributed by atoms with van der Waals surface area (Å²) in [6.07, 6.45) is -3.84. The molecular formula is C21H26ClFN3O9P. The van der Waals surface area contributed by atoms with E-state index >= 15 is 4.39 Å². The smallest absolute Gasteiger partial charge is 0.459 e. The van der Waals surface area contributed by atoms with Gasteiger partial charge in [0.15, 0.2) is 11.9 Å². The van der Waals surface area contributed by atoms with Crippen molar-refractivity contribution in [3.8, 4) is 5.75 Å². The number of hydrogen-bond donors (Lipinski definition) is 3. The van der Waals surface area contributed by atoms with Gasteiger partial charge in [-0.3, -0.25) is 23.7 Å². The number of aromatic amines is 1. The molecule has 36 heavy (non-hydrogen) atoms. The molecule has 0 radical (unpaired) electrons. The van der Waals surface area contributed by atoms with Crippen LogP contribution in [-0.4, -0.2) is 57.8 Å². The van der Waals surface area contributed by atoms with Gasteiger partial charge in [0.05, 0.1) is 13.2 Å². The predicted octanol–water partition coefficient (Wildman–Crippen LogP) is 1.92. The van der Waals surface area contributed by atoms with Crippen LogP contribution in [0.4, 0.5) is 4.39 Å². The lowest BCUT2D eigenvalue weighted by Gasteiger charge is -2.25. The molecule has 2 aromatic rings. The SMILES string of the molecule is CCOC(=O)[C@H](C)NP(=O)(OC[C@H]1O[C@@H](n2ccc(=O)[nH]c2=O)C(C)(F)[C@@H]1O)Oc1ccc(Cl)cc1. The van der Waals surface area contributed by atoms with Gasteiger partial charge in [0, 0.05) is 17.3 Å². The number of carbonyl (C=O) groups excluding carboxylic acids is 1. The van der Waals surface area contributed by atoms with Crippen molar-refractivity contribution < 1.29 is 37.4 Å². The Hall–Kier alpha value is -2.54. The molecule has 0 spiro atoms. The van der Waals surface area contributed by atoms with Crippen LogP contribution in [0.3, 0.4) is 0 Å². The molecule has 2 heterocycles. The summed E-state index contributed by atoms with van der Waals surface area (Å²) < 4.78 is 51.1. The van der Waals surface area contributed by atoms with Gasteiger partial charge in [-0.05, 0) is 45.0 Å². The van der Waals surface area contributed by atoms with E-state index in [0.29, 0.717) is 5.02 Å². The van der Waals surface area contributed by atoms with Gasteiger partial charge in [-0.2, -0.15) is 5.09 Å². The first kappa shape index (κ1) is 28.0. The number of carbonyl (C=O) groups is 1. The molecule has 15 heteroatoms. The maximum atomic E-state index is 15.4. The van der Waals surface area contributed by atoms with Gasteiger partial charge < -0.3 is 19.1 Å². The summed E-state index contributed by atoms with van der Waals surface area (Å²) in [5, 5.41) is 13.4. The largest absolute Gasteiger partial charge is 0.465 e. The molecule has 0 bridgehead atoms. The molecule has 1 saturated heterocycles. The monoisotopic (exact) mass is 549 g/mol. The second kappa shape index (κ2) is 11.2. The van der Waals surface area contributed by atoms with E-state index in [1.807, 2.05) is 4.98 Å². The van der Waals surface area contributed by atoms with Crippen molar-refractivity contribution in [2.75, 3.05) is 13.2 Å². The van der Waals surface area contributed by atoms with Crippen molar-refractivity contribution in [1.82, 2.24) is 14.6 Å². The fourth-order valence-corrected chi connectivity index (χ4v) is 5.04. The van der Waals surface area contributed by atoms with E-state index in [4.69, 9.17) is 30.1 Å². The zero-order valence-electron chi connectivity index (χ0n) is 19.6. The number of H-pyrrole nitrogens is 1. The van der Waals surface area contributed by atoms with Gasteiger partial charge in [-0.1, -0.05) is 11.6 Å². The van der Waals surface area contributed by atoms with E-state index in [-0.39, 0.29) is 12.4 Å². The van der Waals surface area contributed by atoms with Crippen LogP contribution in [0.15, 0.2) is 46.1 Å². The minimum Gasteiger partial charge on any atom is -0.465 e. The van der Waals surface area contributed by atoms with Crippen molar-refractivity contribution in [3.63, 3.8) is 0 Å². The fourth-order valence-electron chi connectivity index (χ4n) is 3.42. The number of aliphatic hydroxyl groups is 1. The first-order chi connectivity index (χ1) is 16.9. The van der Waals surface area contributed by atoms with E-state index in [1.54, 1.807) is 6.92 Å². The van der Waals surface area contributed by atoms with Gasteiger partial charge in [-0.15, -0.1) is 0 Å². The number of rotatable bonds is 10. The quantitative estimate of drug-likeness (QED) is 0.295. The summed E-state index contributed by atoms with van der Waals surface area (Å²) in [5.41, 5.74) is -4.15. The summed E-state index contributed by atoms with van der Waals surface area (Å²) in [6.45, 7) is 3.39. The van der Waals surface area contributed by atoms with Crippen LogP contribution in [0.25, 0.3) is 0 Å². The first-order valence-corrected chi connectivity index (χ1v) is 12.8. The average Bonchev–Trinajstić information content (AvgIpc) is 3.03. The van der Waals surface area contributed by atoms with Crippen LogP contribution >= 0.6 is 19.3 Å². The van der Waals surface area contributed by atoms with Gasteiger partial charge in [-0.25, -0.2) is 13.8 Å². The lowest BCUT2D eigenvalue weighted by Crippen LogP contribution is -2.43. The van der Waals surface area contributed by atoms with Gasteiger partial charge in [0.25, 0.3) is 5.56 Å². The number of aliphatic hydroxyl groups excluding tert-OH is 1. The number of nitrogens with one attached hydrogen (secondary N) is 2. The summed E-state index contributed by atoms with van der Waals surface area (Å²) in [5.74, 6) is -0.654. The molecule has 12 nitrogen and oxygen atoms in total. The van der Waals surface area contributed by atoms with Gasteiger partial charge in [0.2, 0.25) is 0 Å². The Labute approximate surface area is 209 Å². The molecule has 0 amide bonds. The van der Waals surface area contributed by atoms with Crippen LogP contribution in [0.1, 0.15) is 27.0 Å². The molecule has 0 aliphatic carbocycles. The minimum atomic E-state index is -4.34. The van der Waals surface area contributed by atoms with Crippen molar-refractivity contribution in [2.24, 2.45) is 0 Å². The number of alkyl halides is 1. The van der Waals surface area contributed by atoms with Crippen LogP contribution in [0.5, 0.6) is 5.75 Å². The van der Waals surface area contributed by atoms with Crippen LogP contribution in [-0.2, 0) is 23.4 Å². The molecule has 3 rings (SSSR count). The third-order valence-corrected chi connectivity index (χ3v) is 7.16. The topological polar surface area (TPSA) is 158 Å². The molecule has 2 unspecified atom stereocenters. The summed E-state index contributed by atoms with van der Waals surface area (Å²) in [7, 11) is -4.34. The van der Waals surface area contributed by atoms with E-state index in [9.17, 15) is 24.1 Å². The molecule has 1 aromatic heterocycles. The Bertz CT molecular complexity index is 1240. The van der Waals surface area contributed by atoms with Crippen molar-refractivity contribution in [1.29, 1.82) is 0 Å². The third kappa shape index (κ3) is 6.41. The lowest BCUT2D eigenvalue weighted by atomic mass is 9.98. The van der Waals surface area contributed by atoms with E-state index in [1.165, 1.54) is 31.2 Å². The first-order valence-electron chi connectivity index (χ1n) is 10.8. The van der Waals surface area contributed by atoms with Crippen LogP contribution in [0, 0.1) is 0 Å². The average molecular weight is 550 g/mol. The molecule has 1 aliphatic rings. The molecule has 3 N–H and O–H groups in total. The lowest BCUT2D eigenvalue weighted by molar-refractivity contribution is -0.144. The standard InChI is InChI=1S/C21H26ClFN3O9P/c1-4-32-18(29)12(2)25-36(31,35-14-7-5-13(22)6-8-14)33-11-15-17(28)21(3,23)19(34-15)26-10-9-16(27)24-20(26)30/h5-10,12,15,17,19,28H,4,11H2,1-3H3,(H,25,31)(H,24,27,30)/t12-,15+,17+,19+,21?,36?/m0/s1. The van der Waals surface area contributed by atoms with E-state index in [2.05, 4.69) is 5.09 Å². The maximum Gasteiger partial charge on any atom is 0.459 e. The molecule has 1 aromatic carbocycles. The van der Waals surface area contributed by atoms with Gasteiger partial charge >= 0.3 is 19.4 Å². The normalized spacial score (nSPS) is 26.2. The van der Waals surface area contributed by atoms with Crippen molar-refractivity contribution >= 4 is 25.3 Å². The molecule has 0 saturated carbocycles. The predicted molar refractivity (Wildman–Crippen MR) is 126 cm³/mol. The molecule has 1 aliphatic heterocycles. The number of ether oxygens (including phenoxy) is 2. The van der Waals surface area contributed by atoms with E-state index in [0.717, 1.165) is 23.8 Å². The second-order valence-electron chi connectivity index (χ2n) is 8.08. The highest BCUT2D eigenvalue weighted by Gasteiger charge is 2.55. The molecule has 1 fully saturated rings. The number of halogens is 2. The number of esters is 1. The molecule has 6 atom stereocenters. The summed E-state index contributed by atoms with van der Waals surface area (Å²) in [4.78, 5) is 37.5. The Morgan fingerprint density at radius 1 is 1.36 bits per heavy atom. The number of nitrogens with zero attached hydrogens (tertiary/aromatic N) is 1. The number of aromatic nitrogens is 2. The Kier molecular flexibility index (Phi) is 8.75. The van der Waals surface area contributed by atoms with Crippen LogP contribution < -0.4 is 20.9 Å². The maximum absolute atomic E-state index is 15.4. The van der Waals surface area contributed by atoms with E-state index < -0.39 is 61.7 Å². The van der Waals surface area contributed by atoms with Crippen LogP contribution in [0.2, 0.25) is 5.02 Å². The molecule has 198 valence electrons.